The molecule has 1 aromatic rings. The Morgan fingerprint density at radius 2 is 2.06 bits per heavy atom. The molecule has 0 amide bonds. The lowest BCUT2D eigenvalue weighted by molar-refractivity contribution is 0.198. The molecule has 0 aliphatic rings. The first-order chi connectivity index (χ1) is 8.21. The highest BCUT2D eigenvalue weighted by Gasteiger charge is 2.11. The van der Waals surface area contributed by atoms with Crippen LogP contribution in [-0.4, -0.2) is 32.5 Å². The molecule has 1 heterocycles. The minimum atomic E-state index is -0.273. The van der Waals surface area contributed by atoms with Crippen LogP contribution in [0.3, 0.4) is 0 Å². The molecule has 0 radical (unpaired) electrons. The molecule has 1 rings (SSSR count). The number of aliphatic hydroxyl groups excluding tert-OH is 1. The topological polar surface area (TPSA) is 38.0 Å². The summed E-state index contributed by atoms with van der Waals surface area (Å²) in [5.74, 6) is 1.85. The first-order valence-electron chi connectivity index (χ1n) is 6.51. The van der Waals surface area contributed by atoms with Crippen LogP contribution in [-0.2, 0) is 6.42 Å². The first kappa shape index (κ1) is 14.6. The Balaban J connectivity index is 2.50. The summed E-state index contributed by atoms with van der Waals surface area (Å²) in [6, 6.07) is 2.52. The number of hydrogen-bond acceptors (Lipinski definition) is 3. The van der Waals surface area contributed by atoms with Crippen LogP contribution in [0.2, 0.25) is 0 Å². The van der Waals surface area contributed by atoms with Gasteiger partial charge in [0, 0.05) is 18.4 Å². The molecule has 1 aromatic heterocycles. The van der Waals surface area contributed by atoms with Crippen molar-refractivity contribution in [3.63, 3.8) is 0 Å². The predicted molar refractivity (Wildman–Crippen MR) is 74.6 cm³/mol. The molecular formula is C13H24N2OS. The van der Waals surface area contributed by atoms with Gasteiger partial charge in [-0.25, -0.2) is 0 Å². The third-order valence-electron chi connectivity index (χ3n) is 2.94. The molecule has 1 N–H and O–H groups in total. The highest BCUT2D eigenvalue weighted by Crippen LogP contribution is 2.15. The Labute approximate surface area is 109 Å². The molecule has 17 heavy (non-hydrogen) atoms. The quantitative estimate of drug-likeness (QED) is 0.777. The molecular weight excluding hydrogens is 232 g/mol. The van der Waals surface area contributed by atoms with E-state index in [2.05, 4.69) is 25.9 Å². The molecule has 0 aromatic carbocycles. The van der Waals surface area contributed by atoms with Crippen LogP contribution in [0.15, 0.2) is 12.3 Å². The van der Waals surface area contributed by atoms with E-state index in [9.17, 15) is 5.11 Å². The van der Waals surface area contributed by atoms with Crippen molar-refractivity contribution in [1.82, 2.24) is 9.78 Å². The van der Waals surface area contributed by atoms with E-state index in [0.717, 1.165) is 30.0 Å². The monoisotopic (exact) mass is 256 g/mol. The standard InChI is InChI=1S/C13H24N2OS/c1-4-12(5-2)15-8-7-11(14-15)9-13(16)10-17-6-3/h7-8,12-13,16H,4-6,9-10H2,1-3H3. The van der Waals surface area contributed by atoms with E-state index in [-0.39, 0.29) is 6.10 Å². The van der Waals surface area contributed by atoms with Gasteiger partial charge in [-0.2, -0.15) is 16.9 Å². The Bertz CT molecular complexity index is 310. The van der Waals surface area contributed by atoms with Crippen LogP contribution >= 0.6 is 11.8 Å². The molecule has 3 nitrogen and oxygen atoms in total. The predicted octanol–water partition coefficient (Wildman–Crippen LogP) is 2.90. The van der Waals surface area contributed by atoms with Gasteiger partial charge in [-0.1, -0.05) is 20.8 Å². The van der Waals surface area contributed by atoms with E-state index in [1.165, 1.54) is 0 Å². The molecule has 0 aliphatic heterocycles. The summed E-state index contributed by atoms with van der Waals surface area (Å²) in [6.07, 6.45) is 4.63. The maximum atomic E-state index is 9.83. The van der Waals surface area contributed by atoms with Gasteiger partial charge in [-0.05, 0) is 24.7 Å². The third kappa shape index (κ3) is 4.72. The van der Waals surface area contributed by atoms with Gasteiger partial charge in [0.15, 0.2) is 0 Å². The molecule has 1 unspecified atom stereocenters. The van der Waals surface area contributed by atoms with Gasteiger partial charge in [0.1, 0.15) is 0 Å². The highest BCUT2D eigenvalue weighted by molar-refractivity contribution is 7.99. The SMILES string of the molecule is CCSCC(O)Cc1ccn(C(CC)CC)n1. The van der Waals surface area contributed by atoms with Crippen LogP contribution in [0.1, 0.15) is 45.3 Å². The minimum absolute atomic E-state index is 0.273. The van der Waals surface area contributed by atoms with Crippen molar-refractivity contribution in [2.75, 3.05) is 11.5 Å². The van der Waals surface area contributed by atoms with Crippen molar-refractivity contribution < 1.29 is 5.11 Å². The van der Waals surface area contributed by atoms with Crippen LogP contribution in [0.25, 0.3) is 0 Å². The Morgan fingerprint density at radius 3 is 2.65 bits per heavy atom. The maximum Gasteiger partial charge on any atom is 0.0686 e. The maximum absolute atomic E-state index is 9.83. The van der Waals surface area contributed by atoms with Gasteiger partial charge in [0.2, 0.25) is 0 Å². The second kappa shape index (κ2) is 7.77. The molecule has 98 valence electrons. The van der Waals surface area contributed by atoms with E-state index >= 15 is 0 Å². The summed E-state index contributed by atoms with van der Waals surface area (Å²) >= 11 is 1.77. The van der Waals surface area contributed by atoms with Gasteiger partial charge in [0.25, 0.3) is 0 Å². The smallest absolute Gasteiger partial charge is 0.0686 e. The fourth-order valence-corrected chi connectivity index (χ4v) is 2.53. The number of aromatic nitrogens is 2. The van der Waals surface area contributed by atoms with Gasteiger partial charge in [-0.15, -0.1) is 0 Å². The molecule has 0 saturated heterocycles. The van der Waals surface area contributed by atoms with Crippen molar-refractivity contribution in [3.8, 4) is 0 Å². The fraction of sp³-hybridized carbons (Fsp3) is 0.769. The zero-order valence-corrected chi connectivity index (χ0v) is 11.9. The molecule has 0 spiro atoms. The van der Waals surface area contributed by atoms with Gasteiger partial charge in [0.05, 0.1) is 17.8 Å². The molecule has 0 aliphatic carbocycles. The summed E-state index contributed by atoms with van der Waals surface area (Å²) in [6.45, 7) is 6.48. The molecule has 0 saturated carbocycles. The number of hydrogen-bond donors (Lipinski definition) is 1. The number of aliphatic hydroxyl groups is 1. The molecule has 1 atom stereocenters. The molecule has 4 heteroatoms. The lowest BCUT2D eigenvalue weighted by Gasteiger charge is -2.12. The third-order valence-corrected chi connectivity index (χ3v) is 3.97. The van der Waals surface area contributed by atoms with Crippen LogP contribution < -0.4 is 0 Å². The Morgan fingerprint density at radius 1 is 1.35 bits per heavy atom. The Kier molecular flexibility index (Phi) is 6.66. The average molecular weight is 256 g/mol. The van der Waals surface area contributed by atoms with Gasteiger partial charge in [-0.3, -0.25) is 4.68 Å². The van der Waals surface area contributed by atoms with E-state index in [1.54, 1.807) is 11.8 Å². The number of thioether (sulfide) groups is 1. The zero-order valence-electron chi connectivity index (χ0n) is 11.1. The van der Waals surface area contributed by atoms with Crippen LogP contribution in [0, 0.1) is 0 Å². The summed E-state index contributed by atoms with van der Waals surface area (Å²) in [4.78, 5) is 0. The van der Waals surface area contributed by atoms with Gasteiger partial charge < -0.3 is 5.11 Å². The number of rotatable bonds is 8. The van der Waals surface area contributed by atoms with Gasteiger partial charge >= 0.3 is 0 Å². The summed E-state index contributed by atoms with van der Waals surface area (Å²) in [5, 5.41) is 14.4. The lowest BCUT2D eigenvalue weighted by Crippen LogP contribution is -2.15. The molecule has 0 fully saturated rings. The van der Waals surface area contributed by atoms with Crippen molar-refractivity contribution in [3.05, 3.63) is 18.0 Å². The fourth-order valence-electron chi connectivity index (χ4n) is 1.91. The zero-order chi connectivity index (χ0) is 12.7. The summed E-state index contributed by atoms with van der Waals surface area (Å²) in [5.41, 5.74) is 1.00. The van der Waals surface area contributed by atoms with Crippen LogP contribution in [0.4, 0.5) is 0 Å². The number of nitrogens with zero attached hydrogens (tertiary/aromatic N) is 2. The molecule has 0 bridgehead atoms. The lowest BCUT2D eigenvalue weighted by atomic mass is 10.2. The van der Waals surface area contributed by atoms with Crippen molar-refractivity contribution in [2.45, 2.75) is 52.2 Å². The highest BCUT2D eigenvalue weighted by atomic mass is 32.2. The Hall–Kier alpha value is -0.480. The van der Waals surface area contributed by atoms with E-state index < -0.39 is 0 Å². The van der Waals surface area contributed by atoms with E-state index in [0.29, 0.717) is 12.5 Å². The summed E-state index contributed by atoms with van der Waals surface area (Å²) in [7, 11) is 0. The normalized spacial score (nSPS) is 13.2. The van der Waals surface area contributed by atoms with E-state index in [4.69, 9.17) is 0 Å². The van der Waals surface area contributed by atoms with Crippen LogP contribution in [0.5, 0.6) is 0 Å². The van der Waals surface area contributed by atoms with E-state index in [1.807, 2.05) is 16.9 Å². The second-order valence-corrected chi connectivity index (χ2v) is 5.59. The largest absolute Gasteiger partial charge is 0.392 e. The average Bonchev–Trinajstić information content (AvgIpc) is 2.76. The summed E-state index contributed by atoms with van der Waals surface area (Å²) < 4.78 is 2.04. The van der Waals surface area contributed by atoms with Crippen molar-refractivity contribution in [2.24, 2.45) is 0 Å². The second-order valence-electron chi connectivity index (χ2n) is 4.27. The van der Waals surface area contributed by atoms with Crippen molar-refractivity contribution >= 4 is 11.8 Å². The first-order valence-corrected chi connectivity index (χ1v) is 7.66. The van der Waals surface area contributed by atoms with Crippen molar-refractivity contribution in [1.29, 1.82) is 0 Å². The minimum Gasteiger partial charge on any atom is -0.392 e.